The molecule has 0 atom stereocenters. The van der Waals surface area contributed by atoms with Gasteiger partial charge in [-0.2, -0.15) is 52.7 Å². The van der Waals surface area contributed by atoms with Gasteiger partial charge in [0, 0.05) is 0 Å². The van der Waals surface area contributed by atoms with E-state index >= 15 is 0 Å². The molecule has 16 heteroatoms. The summed E-state index contributed by atoms with van der Waals surface area (Å²) in [5, 5.41) is 3.04. The van der Waals surface area contributed by atoms with Crippen molar-refractivity contribution >= 4 is 17.6 Å². The van der Waals surface area contributed by atoms with Crippen LogP contribution in [0.1, 0.15) is 0 Å². The number of halogens is 13. The number of hydrogen-bond acceptors (Lipinski definition) is 2. The zero-order valence-corrected chi connectivity index (χ0v) is 11.0. The van der Waals surface area contributed by atoms with Crippen molar-refractivity contribution in [2.45, 2.75) is 35.0 Å². The topological polar surface area (TPSA) is 40.1 Å². The van der Waals surface area contributed by atoms with Crippen molar-refractivity contribution in [2.24, 2.45) is 0 Å². The van der Waals surface area contributed by atoms with Gasteiger partial charge < -0.3 is 9.90 Å². The predicted molar refractivity (Wildman–Crippen MR) is 40.5 cm³/mol. The van der Waals surface area contributed by atoms with Crippen LogP contribution in [0.15, 0.2) is 0 Å². The van der Waals surface area contributed by atoms with Gasteiger partial charge in [-0.15, -0.1) is 0 Å². The number of carbonyl (C=O) groups is 1. The maximum Gasteiger partial charge on any atom is 1.00 e. The summed E-state index contributed by atoms with van der Waals surface area (Å²) < 4.78 is 150. The van der Waals surface area contributed by atoms with Gasteiger partial charge in [0.15, 0.2) is 0 Å². The third-order valence-electron chi connectivity index (χ3n) is 2.19. The minimum Gasteiger partial charge on any atom is -0.544 e. The molecular formula is C7ClF12LiO2. The maximum absolute atomic E-state index is 12.7. The van der Waals surface area contributed by atoms with Gasteiger partial charge in [0.2, 0.25) is 0 Å². The van der Waals surface area contributed by atoms with Crippen LogP contribution in [0.25, 0.3) is 0 Å². The Bertz CT molecular complexity index is 459. The third-order valence-corrected chi connectivity index (χ3v) is 2.43. The third kappa shape index (κ3) is 3.21. The summed E-state index contributed by atoms with van der Waals surface area (Å²) >= 11 is 3.38. The molecule has 0 aliphatic rings. The van der Waals surface area contributed by atoms with Gasteiger partial charge in [-0.25, -0.2) is 0 Å². The minimum atomic E-state index is -7.95. The van der Waals surface area contributed by atoms with E-state index in [1.165, 1.54) is 0 Å². The van der Waals surface area contributed by atoms with Crippen LogP contribution in [-0.2, 0) is 4.79 Å². The van der Waals surface area contributed by atoms with Gasteiger partial charge in [0.05, 0.1) is 0 Å². The van der Waals surface area contributed by atoms with Gasteiger partial charge in [-0.05, 0) is 11.6 Å². The molecule has 0 saturated heterocycles. The molecule has 0 rings (SSSR count). The molecule has 0 aromatic heterocycles. The predicted octanol–water partition coefficient (Wildman–Crippen LogP) is -0.252. The van der Waals surface area contributed by atoms with Crippen molar-refractivity contribution in [2.75, 3.05) is 0 Å². The minimum absolute atomic E-state index is 0. The number of carbonyl (C=O) groups excluding carboxylic acids is 1. The van der Waals surface area contributed by atoms with E-state index in [4.69, 9.17) is 0 Å². The Balaban J connectivity index is 0. The summed E-state index contributed by atoms with van der Waals surface area (Å²) in [6.45, 7) is 0. The monoisotopic (exact) mass is 386 g/mol. The fourth-order valence-corrected chi connectivity index (χ4v) is 1.02. The second kappa shape index (κ2) is 6.11. The molecule has 0 bridgehead atoms. The molecule has 0 amide bonds. The van der Waals surface area contributed by atoms with E-state index < -0.39 is 41.0 Å². The maximum atomic E-state index is 12.7. The number of carboxylic acids is 1. The van der Waals surface area contributed by atoms with Crippen molar-refractivity contribution in [3.8, 4) is 0 Å². The number of carboxylic acid groups (broad SMARTS) is 1. The van der Waals surface area contributed by atoms with E-state index in [1.807, 2.05) is 0 Å². The molecular weight excluding hydrogens is 386 g/mol. The van der Waals surface area contributed by atoms with Crippen molar-refractivity contribution in [3.05, 3.63) is 0 Å². The van der Waals surface area contributed by atoms with Crippen LogP contribution < -0.4 is 24.0 Å². The molecule has 23 heavy (non-hydrogen) atoms. The van der Waals surface area contributed by atoms with Crippen LogP contribution in [0, 0.1) is 0 Å². The number of hydrogen-bond donors (Lipinski definition) is 0. The summed E-state index contributed by atoms with van der Waals surface area (Å²) in [6, 6.07) is 0. The average molecular weight is 386 g/mol. The molecule has 132 valence electrons. The summed E-state index contributed by atoms with van der Waals surface area (Å²) in [6.07, 6.45) is 0. The van der Waals surface area contributed by atoms with Gasteiger partial charge in [0.25, 0.3) is 0 Å². The molecule has 0 unspecified atom stereocenters. The van der Waals surface area contributed by atoms with Crippen molar-refractivity contribution in [1.29, 1.82) is 0 Å². The summed E-state index contributed by atoms with van der Waals surface area (Å²) in [5.74, 6) is -42.4. The summed E-state index contributed by atoms with van der Waals surface area (Å²) in [7, 11) is 0. The first-order valence-electron chi connectivity index (χ1n) is 4.37. The SMILES string of the molecule is O=C([O-])C(F)(F)C(F)(F)C(F)(F)C(F)(F)C(F)(F)C(F)(F)Cl.[Li+]. The fourth-order valence-electron chi connectivity index (χ4n) is 0.898. The molecule has 0 spiro atoms. The van der Waals surface area contributed by atoms with E-state index in [9.17, 15) is 62.6 Å². The largest absolute Gasteiger partial charge is 1.00 e. The molecule has 0 aliphatic heterocycles. The molecule has 0 fully saturated rings. The molecule has 2 nitrogen and oxygen atoms in total. The Hall–Kier alpha value is -0.483. The Kier molecular flexibility index (Phi) is 6.57. The van der Waals surface area contributed by atoms with Crippen molar-refractivity contribution < 1.29 is 81.4 Å². The van der Waals surface area contributed by atoms with Crippen molar-refractivity contribution in [1.82, 2.24) is 0 Å². The normalized spacial score (nSPS) is 15.2. The number of alkyl halides is 13. The Labute approximate surface area is 134 Å². The van der Waals surface area contributed by atoms with Gasteiger partial charge in [-0.1, -0.05) is 0 Å². The number of aliphatic carboxylic acids is 1. The summed E-state index contributed by atoms with van der Waals surface area (Å²) in [4.78, 5) is 9.61. The second-order valence-electron chi connectivity index (χ2n) is 3.66. The first-order chi connectivity index (χ1) is 9.19. The number of rotatable bonds is 6. The van der Waals surface area contributed by atoms with Crippen LogP contribution in [0.3, 0.4) is 0 Å². The van der Waals surface area contributed by atoms with Crippen LogP contribution in [0.4, 0.5) is 52.7 Å². The molecule has 0 radical (unpaired) electrons. The van der Waals surface area contributed by atoms with Crippen LogP contribution in [0.5, 0.6) is 0 Å². The molecule has 0 saturated carbocycles. The Morgan fingerprint density at radius 2 is 0.913 bits per heavy atom. The first kappa shape index (κ1) is 24.8. The van der Waals surface area contributed by atoms with Crippen LogP contribution in [0.2, 0.25) is 0 Å². The van der Waals surface area contributed by atoms with Gasteiger partial charge >= 0.3 is 53.9 Å². The van der Waals surface area contributed by atoms with E-state index in [1.54, 1.807) is 0 Å². The van der Waals surface area contributed by atoms with Gasteiger partial charge in [0.1, 0.15) is 5.97 Å². The zero-order valence-electron chi connectivity index (χ0n) is 10.2. The van der Waals surface area contributed by atoms with E-state index in [0.29, 0.717) is 0 Å². The Morgan fingerprint density at radius 1 is 0.652 bits per heavy atom. The van der Waals surface area contributed by atoms with E-state index in [-0.39, 0.29) is 18.9 Å². The average Bonchev–Trinajstić information content (AvgIpc) is 2.25. The van der Waals surface area contributed by atoms with E-state index in [2.05, 4.69) is 11.6 Å². The molecule has 0 heterocycles. The van der Waals surface area contributed by atoms with Crippen LogP contribution >= 0.6 is 11.6 Å². The second-order valence-corrected chi connectivity index (χ2v) is 4.13. The zero-order chi connectivity index (χ0) is 18.6. The standard InChI is InChI=1S/C7HClF12O2.Li/c8-7(19,20)6(17,18)5(15,16)4(13,14)3(11,12)2(9,10)1(21)22;/h(H,21,22);/q;+1/p-1. The van der Waals surface area contributed by atoms with Crippen molar-refractivity contribution in [3.63, 3.8) is 0 Å². The van der Waals surface area contributed by atoms with Crippen LogP contribution in [-0.4, -0.2) is 41.0 Å². The van der Waals surface area contributed by atoms with Gasteiger partial charge in [-0.3, -0.25) is 0 Å². The summed E-state index contributed by atoms with van der Waals surface area (Å²) in [5.41, 5.74) is 0. The Morgan fingerprint density at radius 3 is 1.13 bits per heavy atom. The molecule has 0 N–H and O–H groups in total. The first-order valence-corrected chi connectivity index (χ1v) is 4.74. The molecule has 0 aromatic rings. The van der Waals surface area contributed by atoms with E-state index in [0.717, 1.165) is 0 Å². The molecule has 0 aliphatic carbocycles. The molecule has 0 aromatic carbocycles. The fraction of sp³-hybridized carbons (Fsp3) is 0.857. The smallest absolute Gasteiger partial charge is 0.544 e. The quantitative estimate of drug-likeness (QED) is 0.359.